The number of esters is 1. The molecule has 0 bridgehead atoms. The molecule has 0 saturated carbocycles. The number of rotatable bonds is 4. The van der Waals surface area contributed by atoms with Gasteiger partial charge >= 0.3 is 5.97 Å². The number of methoxy groups -OCH3 is 1. The third-order valence-electron chi connectivity index (χ3n) is 3.11. The molecule has 0 saturated heterocycles. The number of aryl methyl sites for hydroxylation is 1. The summed E-state index contributed by atoms with van der Waals surface area (Å²) in [6.07, 6.45) is 0. The van der Waals surface area contributed by atoms with Gasteiger partial charge in [0, 0.05) is 5.69 Å². The summed E-state index contributed by atoms with van der Waals surface area (Å²) in [7, 11) is 1.30. The maximum Gasteiger partial charge on any atom is 0.340 e. The Labute approximate surface area is 122 Å². The average molecular weight is 287 g/mol. The van der Waals surface area contributed by atoms with E-state index in [-0.39, 0.29) is 12.2 Å². The maximum atomic E-state index is 11.7. The number of aliphatic hydroxyl groups is 1. The molecule has 0 radical (unpaired) electrons. The molecule has 2 aromatic carbocycles. The van der Waals surface area contributed by atoms with Gasteiger partial charge in [-0.25, -0.2) is 4.79 Å². The number of hydrogen-bond acceptors (Lipinski definition) is 5. The van der Waals surface area contributed by atoms with E-state index in [4.69, 9.17) is 20.3 Å². The van der Waals surface area contributed by atoms with Crippen LogP contribution in [0.4, 0.5) is 5.69 Å². The summed E-state index contributed by atoms with van der Waals surface area (Å²) in [5, 5.41) is 9.00. The van der Waals surface area contributed by atoms with Crippen molar-refractivity contribution in [2.75, 3.05) is 12.8 Å². The first-order valence-electron chi connectivity index (χ1n) is 6.41. The Bertz CT molecular complexity index is 650. The SMILES string of the molecule is COC(=O)c1cc(Oc2ccc(CO)cc2)cc(C)c1N. The van der Waals surface area contributed by atoms with E-state index in [0.29, 0.717) is 17.2 Å². The van der Waals surface area contributed by atoms with Crippen LogP contribution >= 0.6 is 0 Å². The highest BCUT2D eigenvalue weighted by Crippen LogP contribution is 2.28. The van der Waals surface area contributed by atoms with Crippen molar-refractivity contribution in [3.63, 3.8) is 0 Å². The Hall–Kier alpha value is -2.53. The van der Waals surface area contributed by atoms with Gasteiger partial charge in [-0.3, -0.25) is 0 Å². The molecular formula is C16H17NO4. The molecule has 21 heavy (non-hydrogen) atoms. The summed E-state index contributed by atoms with van der Waals surface area (Å²) in [4.78, 5) is 11.7. The predicted molar refractivity (Wildman–Crippen MR) is 79.4 cm³/mol. The van der Waals surface area contributed by atoms with Gasteiger partial charge in [0.25, 0.3) is 0 Å². The van der Waals surface area contributed by atoms with Gasteiger partial charge in [0.2, 0.25) is 0 Å². The smallest absolute Gasteiger partial charge is 0.340 e. The van der Waals surface area contributed by atoms with E-state index in [2.05, 4.69) is 0 Å². The normalized spacial score (nSPS) is 10.2. The second-order valence-electron chi connectivity index (χ2n) is 4.60. The zero-order valence-corrected chi connectivity index (χ0v) is 11.9. The standard InChI is InChI=1S/C16H17NO4/c1-10-7-13(8-14(15(10)17)16(19)20-2)21-12-5-3-11(9-18)4-6-12/h3-8,18H,9,17H2,1-2H3. The van der Waals surface area contributed by atoms with E-state index in [0.717, 1.165) is 11.1 Å². The summed E-state index contributed by atoms with van der Waals surface area (Å²) in [6, 6.07) is 10.3. The highest BCUT2D eigenvalue weighted by atomic mass is 16.5. The number of nitrogens with two attached hydrogens (primary N) is 1. The predicted octanol–water partition coefficient (Wildman–Crippen LogP) is 2.65. The van der Waals surface area contributed by atoms with Gasteiger partial charge in [0.1, 0.15) is 11.5 Å². The van der Waals surface area contributed by atoms with Gasteiger partial charge in [-0.1, -0.05) is 12.1 Å². The number of anilines is 1. The van der Waals surface area contributed by atoms with Crippen LogP contribution in [0.15, 0.2) is 36.4 Å². The molecule has 2 rings (SSSR count). The molecule has 3 N–H and O–H groups in total. The fraction of sp³-hybridized carbons (Fsp3) is 0.188. The molecule has 5 nitrogen and oxygen atoms in total. The van der Waals surface area contributed by atoms with Crippen LogP contribution < -0.4 is 10.5 Å². The molecule has 0 unspecified atom stereocenters. The molecule has 0 atom stereocenters. The summed E-state index contributed by atoms with van der Waals surface area (Å²) < 4.78 is 10.4. The minimum absolute atomic E-state index is 0.0201. The lowest BCUT2D eigenvalue weighted by molar-refractivity contribution is 0.0601. The van der Waals surface area contributed by atoms with Gasteiger partial charge in [0.15, 0.2) is 0 Å². The monoisotopic (exact) mass is 287 g/mol. The van der Waals surface area contributed by atoms with E-state index < -0.39 is 5.97 Å². The van der Waals surface area contributed by atoms with Crippen molar-refractivity contribution in [3.05, 3.63) is 53.1 Å². The molecule has 0 aliphatic heterocycles. The highest BCUT2D eigenvalue weighted by Gasteiger charge is 2.14. The van der Waals surface area contributed by atoms with E-state index in [1.807, 2.05) is 0 Å². The number of aliphatic hydroxyl groups excluding tert-OH is 1. The molecule has 0 spiro atoms. The number of hydrogen-bond donors (Lipinski definition) is 2. The summed E-state index contributed by atoms with van der Waals surface area (Å²) in [6.45, 7) is 1.78. The molecule has 110 valence electrons. The molecule has 0 aromatic heterocycles. The minimum Gasteiger partial charge on any atom is -0.465 e. The van der Waals surface area contributed by atoms with Crippen molar-refractivity contribution in [1.29, 1.82) is 0 Å². The topological polar surface area (TPSA) is 81.8 Å². The number of ether oxygens (including phenoxy) is 2. The zero-order valence-electron chi connectivity index (χ0n) is 11.9. The van der Waals surface area contributed by atoms with Crippen molar-refractivity contribution in [1.82, 2.24) is 0 Å². The highest BCUT2D eigenvalue weighted by molar-refractivity contribution is 5.96. The van der Waals surface area contributed by atoms with Crippen LogP contribution in [-0.4, -0.2) is 18.2 Å². The van der Waals surface area contributed by atoms with Gasteiger partial charge in [-0.05, 0) is 42.3 Å². The fourth-order valence-electron chi connectivity index (χ4n) is 1.90. The van der Waals surface area contributed by atoms with Gasteiger partial charge in [-0.2, -0.15) is 0 Å². The van der Waals surface area contributed by atoms with Crippen LogP contribution in [-0.2, 0) is 11.3 Å². The molecule has 0 aliphatic carbocycles. The molecule has 5 heteroatoms. The molecule has 0 fully saturated rings. The van der Waals surface area contributed by atoms with E-state index >= 15 is 0 Å². The Morgan fingerprint density at radius 3 is 2.43 bits per heavy atom. The van der Waals surface area contributed by atoms with Crippen LogP contribution in [0.3, 0.4) is 0 Å². The van der Waals surface area contributed by atoms with E-state index in [9.17, 15) is 4.79 Å². The second kappa shape index (κ2) is 6.28. The lowest BCUT2D eigenvalue weighted by Gasteiger charge is -2.11. The largest absolute Gasteiger partial charge is 0.465 e. The Morgan fingerprint density at radius 1 is 1.19 bits per heavy atom. The van der Waals surface area contributed by atoms with Crippen molar-refractivity contribution >= 4 is 11.7 Å². The Balaban J connectivity index is 2.31. The number of carbonyl (C=O) groups is 1. The van der Waals surface area contributed by atoms with Gasteiger partial charge < -0.3 is 20.3 Å². The quantitative estimate of drug-likeness (QED) is 0.667. The van der Waals surface area contributed by atoms with E-state index in [1.54, 1.807) is 43.3 Å². The average Bonchev–Trinajstić information content (AvgIpc) is 2.50. The maximum absolute atomic E-state index is 11.7. The second-order valence-corrected chi connectivity index (χ2v) is 4.60. The molecular weight excluding hydrogens is 270 g/mol. The van der Waals surface area contributed by atoms with Crippen LogP contribution in [0.5, 0.6) is 11.5 Å². The first-order valence-corrected chi connectivity index (χ1v) is 6.41. The van der Waals surface area contributed by atoms with Gasteiger partial charge in [0.05, 0.1) is 19.3 Å². The number of carbonyl (C=O) groups excluding carboxylic acids is 1. The Kier molecular flexibility index (Phi) is 4.45. The van der Waals surface area contributed by atoms with Crippen LogP contribution in [0.25, 0.3) is 0 Å². The first kappa shape index (κ1) is 14.9. The fourth-order valence-corrected chi connectivity index (χ4v) is 1.90. The van der Waals surface area contributed by atoms with Crippen molar-refractivity contribution in [2.24, 2.45) is 0 Å². The number of nitrogen functional groups attached to an aromatic ring is 1. The Morgan fingerprint density at radius 2 is 1.86 bits per heavy atom. The summed E-state index contributed by atoms with van der Waals surface area (Å²) in [5.41, 5.74) is 8.07. The molecule has 2 aromatic rings. The zero-order chi connectivity index (χ0) is 15.4. The summed E-state index contributed by atoms with van der Waals surface area (Å²) in [5.74, 6) is 0.600. The van der Waals surface area contributed by atoms with Crippen LogP contribution in [0.1, 0.15) is 21.5 Å². The van der Waals surface area contributed by atoms with Gasteiger partial charge in [-0.15, -0.1) is 0 Å². The van der Waals surface area contributed by atoms with Crippen LogP contribution in [0.2, 0.25) is 0 Å². The van der Waals surface area contributed by atoms with E-state index in [1.165, 1.54) is 7.11 Å². The first-order chi connectivity index (χ1) is 10.0. The number of benzene rings is 2. The lowest BCUT2D eigenvalue weighted by Crippen LogP contribution is -2.07. The lowest BCUT2D eigenvalue weighted by atomic mass is 10.1. The molecule has 0 aliphatic rings. The van der Waals surface area contributed by atoms with Crippen molar-refractivity contribution in [2.45, 2.75) is 13.5 Å². The third-order valence-corrected chi connectivity index (χ3v) is 3.11. The molecule has 0 amide bonds. The minimum atomic E-state index is -0.503. The third kappa shape index (κ3) is 3.32. The molecule has 0 heterocycles. The van der Waals surface area contributed by atoms with Crippen LogP contribution in [0, 0.1) is 6.92 Å². The summed E-state index contributed by atoms with van der Waals surface area (Å²) >= 11 is 0. The van der Waals surface area contributed by atoms with Crippen molar-refractivity contribution < 1.29 is 19.4 Å². The van der Waals surface area contributed by atoms with Crippen molar-refractivity contribution in [3.8, 4) is 11.5 Å².